The van der Waals surface area contributed by atoms with Gasteiger partial charge in [0.15, 0.2) is 0 Å². The fraction of sp³-hybridized carbons (Fsp3) is 0.542. The van der Waals surface area contributed by atoms with Crippen LogP contribution in [0.4, 0.5) is 0 Å². The maximum absolute atomic E-state index is 13.0. The van der Waals surface area contributed by atoms with Gasteiger partial charge in [-0.1, -0.05) is 57.5 Å². The minimum atomic E-state index is -0.146. The van der Waals surface area contributed by atoms with Gasteiger partial charge in [-0.05, 0) is 32.6 Å². The third kappa shape index (κ3) is 4.44. The minimum absolute atomic E-state index is 0.0172. The highest BCUT2D eigenvalue weighted by atomic mass is 16.2. The molecule has 3 rings (SSSR count). The summed E-state index contributed by atoms with van der Waals surface area (Å²) in [6, 6.07) is 8.03. The smallest absolute Gasteiger partial charge is 0.234 e. The molecule has 1 aliphatic rings. The third-order valence-corrected chi connectivity index (χ3v) is 5.93. The number of hydrogen-bond donors (Lipinski definition) is 0. The zero-order valence-electron chi connectivity index (χ0n) is 18.3. The average Bonchev–Trinajstić information content (AvgIpc) is 3.17. The molecule has 156 valence electrons. The number of amides is 1. The Labute approximate surface area is 174 Å². The van der Waals surface area contributed by atoms with Crippen LogP contribution in [-0.4, -0.2) is 32.8 Å². The molecule has 1 aliphatic heterocycles. The van der Waals surface area contributed by atoms with Crippen LogP contribution < -0.4 is 0 Å². The van der Waals surface area contributed by atoms with Crippen molar-refractivity contribution in [1.29, 1.82) is 0 Å². The predicted octanol–water partition coefficient (Wildman–Crippen LogP) is 5.25. The van der Waals surface area contributed by atoms with Crippen LogP contribution in [0.15, 0.2) is 30.5 Å². The molecule has 1 amide bonds. The topological polar surface area (TPSA) is 55.2 Å². The van der Waals surface area contributed by atoms with Crippen molar-refractivity contribution in [2.75, 3.05) is 6.54 Å². The van der Waals surface area contributed by atoms with Gasteiger partial charge in [-0.25, -0.2) is 4.98 Å². The maximum atomic E-state index is 13.0. The Kier molecular flexibility index (Phi) is 6.56. The maximum Gasteiger partial charge on any atom is 0.234 e. The molecule has 2 unspecified atom stereocenters. The molecule has 2 aromatic rings. The van der Waals surface area contributed by atoms with Gasteiger partial charge in [0, 0.05) is 30.1 Å². The summed E-state index contributed by atoms with van der Waals surface area (Å²) < 4.78 is 1.70. The van der Waals surface area contributed by atoms with E-state index < -0.39 is 0 Å². The second-order valence-corrected chi connectivity index (χ2v) is 8.57. The highest BCUT2D eigenvalue weighted by Gasteiger charge is 2.34. The van der Waals surface area contributed by atoms with Crippen LogP contribution in [0.5, 0.6) is 0 Å². The molecule has 29 heavy (non-hydrogen) atoms. The quantitative estimate of drug-likeness (QED) is 0.694. The van der Waals surface area contributed by atoms with Crippen molar-refractivity contribution in [1.82, 2.24) is 14.5 Å². The monoisotopic (exact) mass is 395 g/mol. The van der Waals surface area contributed by atoms with Gasteiger partial charge in [-0.3, -0.25) is 14.2 Å². The van der Waals surface area contributed by atoms with E-state index >= 15 is 0 Å². The van der Waals surface area contributed by atoms with E-state index in [4.69, 9.17) is 4.98 Å². The number of hydrogen-bond acceptors (Lipinski definition) is 3. The molecule has 5 heteroatoms. The van der Waals surface area contributed by atoms with E-state index in [0.717, 1.165) is 43.5 Å². The zero-order chi connectivity index (χ0) is 21.1. The fourth-order valence-corrected chi connectivity index (χ4v) is 3.87. The SMILES string of the molecule is CCC(C)C(=O)N1CCCCC1c1nc(-c2ccc(C)cc2)cn1C(=O)C(C)C. The number of aryl methyl sites for hydroxylation is 1. The number of benzene rings is 1. The van der Waals surface area contributed by atoms with Crippen LogP contribution in [0.1, 0.15) is 75.6 Å². The summed E-state index contributed by atoms with van der Waals surface area (Å²) in [6.45, 7) is 10.6. The first kappa shape index (κ1) is 21.3. The lowest BCUT2D eigenvalue weighted by molar-refractivity contribution is -0.139. The lowest BCUT2D eigenvalue weighted by Gasteiger charge is -2.37. The van der Waals surface area contributed by atoms with Crippen LogP contribution in [-0.2, 0) is 4.79 Å². The Bertz CT molecular complexity index is 867. The van der Waals surface area contributed by atoms with Gasteiger partial charge in [-0.2, -0.15) is 0 Å². The van der Waals surface area contributed by atoms with Gasteiger partial charge >= 0.3 is 0 Å². The third-order valence-electron chi connectivity index (χ3n) is 5.93. The molecule has 1 aromatic heterocycles. The van der Waals surface area contributed by atoms with Crippen LogP contribution in [0.3, 0.4) is 0 Å². The van der Waals surface area contributed by atoms with Crippen molar-refractivity contribution in [2.45, 2.75) is 66.3 Å². The van der Waals surface area contributed by atoms with Gasteiger partial charge in [0.1, 0.15) is 5.82 Å². The Morgan fingerprint density at radius 1 is 1.10 bits per heavy atom. The first-order valence-electron chi connectivity index (χ1n) is 10.8. The van der Waals surface area contributed by atoms with Crippen LogP contribution in [0.25, 0.3) is 11.3 Å². The first-order chi connectivity index (χ1) is 13.8. The van der Waals surface area contributed by atoms with E-state index in [0.29, 0.717) is 5.82 Å². The Hall–Kier alpha value is -2.43. The Morgan fingerprint density at radius 3 is 2.41 bits per heavy atom. The predicted molar refractivity (Wildman–Crippen MR) is 116 cm³/mol. The number of piperidine rings is 1. The summed E-state index contributed by atoms with van der Waals surface area (Å²) in [5.74, 6) is 0.733. The van der Waals surface area contributed by atoms with Gasteiger partial charge in [0.25, 0.3) is 0 Å². The van der Waals surface area contributed by atoms with Crippen LogP contribution >= 0.6 is 0 Å². The van der Waals surface area contributed by atoms with E-state index in [9.17, 15) is 9.59 Å². The number of likely N-dealkylation sites (tertiary alicyclic amines) is 1. The molecule has 2 heterocycles. The number of imidazole rings is 1. The molecular formula is C24H33N3O2. The standard InChI is InChI=1S/C24H33N3O2/c1-6-18(5)24(29)26-14-8-7-9-21(26)22-25-20(15-27(22)23(28)16(2)3)19-12-10-17(4)11-13-19/h10-13,15-16,18,21H,6-9,14H2,1-5H3. The van der Waals surface area contributed by atoms with E-state index in [-0.39, 0.29) is 29.7 Å². The number of carbonyl (C=O) groups excluding carboxylic acids is 2. The van der Waals surface area contributed by atoms with E-state index in [2.05, 4.69) is 19.1 Å². The number of rotatable bonds is 5. The highest BCUT2D eigenvalue weighted by Crippen LogP contribution is 2.34. The molecule has 0 spiro atoms. The van der Waals surface area contributed by atoms with E-state index in [1.54, 1.807) is 4.57 Å². The van der Waals surface area contributed by atoms with Gasteiger partial charge in [-0.15, -0.1) is 0 Å². The molecule has 0 N–H and O–H groups in total. The molecular weight excluding hydrogens is 362 g/mol. The van der Waals surface area contributed by atoms with E-state index in [1.807, 2.05) is 50.9 Å². The molecule has 0 bridgehead atoms. The number of carbonyl (C=O) groups is 2. The Morgan fingerprint density at radius 2 is 1.79 bits per heavy atom. The highest BCUT2D eigenvalue weighted by molar-refractivity contribution is 5.83. The molecule has 1 fully saturated rings. The van der Waals surface area contributed by atoms with Gasteiger partial charge in [0.2, 0.25) is 11.8 Å². The summed E-state index contributed by atoms with van der Waals surface area (Å²) in [5.41, 5.74) is 2.96. The molecule has 5 nitrogen and oxygen atoms in total. The molecule has 1 saturated heterocycles. The second kappa shape index (κ2) is 8.93. The zero-order valence-corrected chi connectivity index (χ0v) is 18.3. The number of aromatic nitrogens is 2. The first-order valence-corrected chi connectivity index (χ1v) is 10.8. The van der Waals surface area contributed by atoms with Gasteiger partial charge < -0.3 is 4.90 Å². The largest absolute Gasteiger partial charge is 0.332 e. The minimum Gasteiger partial charge on any atom is -0.332 e. The normalized spacial score (nSPS) is 18.1. The summed E-state index contributed by atoms with van der Waals surface area (Å²) in [5, 5.41) is 0. The van der Waals surface area contributed by atoms with E-state index in [1.165, 1.54) is 5.56 Å². The van der Waals surface area contributed by atoms with Crippen LogP contribution in [0, 0.1) is 18.8 Å². The lowest BCUT2D eigenvalue weighted by atomic mass is 9.98. The van der Waals surface area contributed by atoms with Crippen molar-refractivity contribution in [2.24, 2.45) is 11.8 Å². The molecule has 1 aromatic carbocycles. The second-order valence-electron chi connectivity index (χ2n) is 8.57. The van der Waals surface area contributed by atoms with Crippen molar-refractivity contribution in [3.8, 4) is 11.3 Å². The lowest BCUT2D eigenvalue weighted by Crippen LogP contribution is -2.42. The van der Waals surface area contributed by atoms with Crippen molar-refractivity contribution in [3.63, 3.8) is 0 Å². The van der Waals surface area contributed by atoms with Crippen LogP contribution in [0.2, 0.25) is 0 Å². The summed E-state index contributed by atoms with van der Waals surface area (Å²) >= 11 is 0. The summed E-state index contributed by atoms with van der Waals surface area (Å²) in [7, 11) is 0. The summed E-state index contributed by atoms with van der Waals surface area (Å²) in [6.07, 6.45) is 5.55. The molecule has 2 atom stereocenters. The Balaban J connectivity index is 2.06. The molecule has 0 saturated carbocycles. The fourth-order valence-electron chi connectivity index (χ4n) is 3.87. The van der Waals surface area contributed by atoms with Crippen molar-refractivity contribution < 1.29 is 9.59 Å². The van der Waals surface area contributed by atoms with Gasteiger partial charge in [0.05, 0.1) is 11.7 Å². The molecule has 0 radical (unpaired) electrons. The van der Waals surface area contributed by atoms with Crippen molar-refractivity contribution >= 4 is 11.8 Å². The van der Waals surface area contributed by atoms with Crippen molar-refractivity contribution in [3.05, 3.63) is 41.9 Å². The average molecular weight is 396 g/mol. The molecule has 0 aliphatic carbocycles. The number of nitrogens with zero attached hydrogens (tertiary/aromatic N) is 3. The summed E-state index contributed by atoms with van der Waals surface area (Å²) in [4.78, 5) is 32.9.